The van der Waals surface area contributed by atoms with Gasteiger partial charge in [-0.2, -0.15) is 12.1 Å². The van der Waals surface area contributed by atoms with Crippen LogP contribution < -0.4 is 0 Å². The van der Waals surface area contributed by atoms with Gasteiger partial charge in [0.1, 0.15) is 11.5 Å². The molecule has 4 heterocycles. The minimum absolute atomic E-state index is 0. The third-order valence-corrected chi connectivity index (χ3v) is 9.36. The van der Waals surface area contributed by atoms with E-state index in [1.54, 1.807) is 11.8 Å². The Kier molecular flexibility index (Phi) is 8.29. The van der Waals surface area contributed by atoms with Crippen LogP contribution in [0.5, 0.6) is 0 Å². The second-order valence-corrected chi connectivity index (χ2v) is 13.7. The van der Waals surface area contributed by atoms with Crippen LogP contribution in [-0.4, -0.2) is 19.1 Å². The normalized spacial score (nSPS) is 11.5. The molecule has 0 radical (unpaired) electrons. The molecule has 4 aromatic carbocycles. The van der Waals surface area contributed by atoms with Gasteiger partial charge in [-0.1, -0.05) is 73.6 Å². The van der Waals surface area contributed by atoms with Crippen molar-refractivity contribution in [1.29, 1.82) is 0 Å². The molecule has 0 N–H and O–H groups in total. The van der Waals surface area contributed by atoms with E-state index in [1.165, 1.54) is 5.56 Å². The molecule has 7 heteroatoms. The molecule has 8 rings (SSSR count). The molecule has 48 heavy (non-hydrogen) atoms. The summed E-state index contributed by atoms with van der Waals surface area (Å²) < 4.78 is 4.34. The molecule has 0 fully saturated rings. The van der Waals surface area contributed by atoms with Gasteiger partial charge < -0.3 is 14.1 Å². The van der Waals surface area contributed by atoms with Crippen LogP contribution in [0, 0.1) is 18.7 Å². The smallest absolute Gasteiger partial charge is 0.319 e. The molecule has 4 aromatic heterocycles. The number of para-hydroxylation sites is 2. The van der Waals surface area contributed by atoms with Gasteiger partial charge in [-0.05, 0) is 63.8 Å². The van der Waals surface area contributed by atoms with Crippen molar-refractivity contribution in [3.05, 3.63) is 151 Å². The number of benzene rings is 4. The van der Waals surface area contributed by atoms with E-state index < -0.39 is 0 Å². The topological polar surface area (TPSA) is 40.0 Å². The van der Waals surface area contributed by atoms with E-state index >= 15 is 0 Å². The Hall–Kier alpha value is -4.95. The number of hydrogen-bond donors (Lipinski definition) is 0. The predicted molar refractivity (Wildman–Crippen MR) is 192 cm³/mol. The molecule has 0 saturated carbocycles. The molecular weight excluding hydrogens is 790 g/mol. The van der Waals surface area contributed by atoms with Crippen molar-refractivity contribution in [2.75, 3.05) is 0 Å². The molecule has 0 aliphatic heterocycles. The molecule has 5 nitrogen and oxygen atoms in total. The predicted octanol–water partition coefficient (Wildman–Crippen LogP) is 10.8. The van der Waals surface area contributed by atoms with Gasteiger partial charge in [-0.15, -0.1) is 51.9 Å². The Balaban J connectivity index is 0.00000364. The molecule has 0 atom stereocenters. The summed E-state index contributed by atoms with van der Waals surface area (Å²) in [4.78, 5) is 15.2. The number of hydrogen-bond acceptors (Lipinski definition) is 3. The van der Waals surface area contributed by atoms with Crippen LogP contribution in [0.2, 0.25) is 0 Å². The van der Waals surface area contributed by atoms with Crippen LogP contribution in [0.25, 0.3) is 60.3 Å². The van der Waals surface area contributed by atoms with E-state index in [2.05, 4.69) is 126 Å². The average Bonchev–Trinajstić information content (AvgIpc) is 3.67. The van der Waals surface area contributed by atoms with Crippen molar-refractivity contribution in [3.63, 3.8) is 0 Å². The SMILES string of the molecule is [C-]#[N+]c1cc(Sc2[c-]c3c(cc2)c2ccccc2n3-c2cc(C(C)(C)C)ccn2)[c-]c(-c2cc3ccn(-c4ccccc4)c3cn2)c1.[Pt+2]. The Morgan fingerprint density at radius 1 is 0.771 bits per heavy atom. The maximum absolute atomic E-state index is 7.82. The molecular formula is C41H29N5PtS. The largest absolute Gasteiger partial charge is 2.00 e. The minimum Gasteiger partial charge on any atom is -0.319 e. The second kappa shape index (κ2) is 12.6. The zero-order valence-electron chi connectivity index (χ0n) is 26.5. The number of rotatable bonds is 5. The minimum atomic E-state index is -0.00606. The van der Waals surface area contributed by atoms with Crippen LogP contribution in [-0.2, 0) is 26.5 Å². The number of fused-ring (bicyclic) bond motifs is 4. The molecule has 0 aliphatic rings. The molecule has 234 valence electrons. The zero-order chi connectivity index (χ0) is 32.1. The number of aromatic nitrogens is 4. The van der Waals surface area contributed by atoms with E-state index in [0.29, 0.717) is 5.69 Å². The van der Waals surface area contributed by atoms with Crippen LogP contribution in [0.3, 0.4) is 0 Å². The molecule has 0 spiro atoms. The number of pyridine rings is 2. The standard InChI is InChI=1S/C41H29N5S.Pt/c1-41(2,3)29-16-18-43-40(23-29)46-37-13-9-8-12-34(37)35-15-14-32(25-38(35)46)47-33-21-28(20-30(24-33)42-4)36-22-27-17-19-45(39(27)26-44-36)31-10-6-5-7-11-31;/h5-20,22-24,26H,1-3H3;/q-2;+2. The van der Waals surface area contributed by atoms with E-state index in [-0.39, 0.29) is 26.5 Å². The quantitative estimate of drug-likeness (QED) is 0.162. The van der Waals surface area contributed by atoms with Crippen LogP contribution in [0.1, 0.15) is 26.3 Å². The summed E-state index contributed by atoms with van der Waals surface area (Å²) in [6.07, 6.45) is 5.85. The molecule has 0 saturated heterocycles. The van der Waals surface area contributed by atoms with Crippen LogP contribution in [0.4, 0.5) is 5.69 Å². The fourth-order valence-electron chi connectivity index (χ4n) is 6.08. The fraction of sp³-hybridized carbons (Fsp3) is 0.0976. The Morgan fingerprint density at radius 3 is 2.40 bits per heavy atom. The summed E-state index contributed by atoms with van der Waals surface area (Å²) in [5.74, 6) is 0.869. The van der Waals surface area contributed by atoms with Gasteiger partial charge in [0, 0.05) is 29.8 Å². The van der Waals surface area contributed by atoms with Gasteiger partial charge in [-0.3, -0.25) is 4.85 Å². The molecule has 0 amide bonds. The van der Waals surface area contributed by atoms with Gasteiger partial charge in [0.2, 0.25) is 0 Å². The summed E-state index contributed by atoms with van der Waals surface area (Å²) in [5.41, 5.74) is 7.49. The summed E-state index contributed by atoms with van der Waals surface area (Å²) >= 11 is 1.55. The second-order valence-electron chi connectivity index (χ2n) is 12.6. The summed E-state index contributed by atoms with van der Waals surface area (Å²) in [5, 5.41) is 3.35. The van der Waals surface area contributed by atoms with Gasteiger partial charge in [0.05, 0.1) is 12.1 Å². The van der Waals surface area contributed by atoms with E-state index in [0.717, 1.165) is 65.3 Å². The fourth-order valence-corrected chi connectivity index (χ4v) is 6.94. The summed E-state index contributed by atoms with van der Waals surface area (Å²) in [6, 6.07) is 42.3. The molecule has 8 aromatic rings. The molecule has 0 aliphatic carbocycles. The first-order valence-corrected chi connectivity index (χ1v) is 16.3. The van der Waals surface area contributed by atoms with E-state index in [1.807, 2.05) is 42.7 Å². The maximum atomic E-state index is 7.82. The summed E-state index contributed by atoms with van der Waals surface area (Å²) in [7, 11) is 0. The first-order chi connectivity index (χ1) is 22.9. The van der Waals surface area contributed by atoms with Crippen LogP contribution >= 0.6 is 11.8 Å². The van der Waals surface area contributed by atoms with Crippen molar-refractivity contribution in [2.45, 2.75) is 36.0 Å². The van der Waals surface area contributed by atoms with Gasteiger partial charge >= 0.3 is 21.1 Å². The van der Waals surface area contributed by atoms with Gasteiger partial charge in [0.25, 0.3) is 0 Å². The third kappa shape index (κ3) is 5.75. The van der Waals surface area contributed by atoms with E-state index in [9.17, 15) is 0 Å². The molecule has 0 bridgehead atoms. The first-order valence-electron chi connectivity index (χ1n) is 15.4. The zero-order valence-corrected chi connectivity index (χ0v) is 29.6. The van der Waals surface area contributed by atoms with Crippen LogP contribution in [0.15, 0.2) is 132 Å². The van der Waals surface area contributed by atoms with Crippen molar-refractivity contribution in [2.24, 2.45) is 0 Å². The van der Waals surface area contributed by atoms with Crippen molar-refractivity contribution in [1.82, 2.24) is 19.1 Å². The summed E-state index contributed by atoms with van der Waals surface area (Å²) in [6.45, 7) is 14.5. The Morgan fingerprint density at radius 2 is 1.58 bits per heavy atom. The van der Waals surface area contributed by atoms with Crippen molar-refractivity contribution >= 4 is 50.2 Å². The Labute approximate surface area is 298 Å². The Bertz CT molecular complexity index is 2500. The van der Waals surface area contributed by atoms with Gasteiger partial charge in [-0.25, -0.2) is 4.98 Å². The monoisotopic (exact) mass is 818 g/mol. The van der Waals surface area contributed by atoms with Crippen molar-refractivity contribution in [3.8, 4) is 22.8 Å². The number of nitrogens with zero attached hydrogens (tertiary/aromatic N) is 5. The van der Waals surface area contributed by atoms with Crippen molar-refractivity contribution < 1.29 is 21.1 Å². The maximum Gasteiger partial charge on any atom is 2.00 e. The third-order valence-electron chi connectivity index (χ3n) is 8.46. The van der Waals surface area contributed by atoms with E-state index in [4.69, 9.17) is 16.5 Å². The first kappa shape index (κ1) is 31.6. The average molecular weight is 819 g/mol. The molecule has 0 unspecified atom stereocenters. The van der Waals surface area contributed by atoms with Gasteiger partial charge in [0.15, 0.2) is 0 Å².